The molecular weight excluding hydrogens is 262 g/mol. The van der Waals surface area contributed by atoms with Crippen LogP contribution in [0.15, 0.2) is 42.7 Å². The fourth-order valence-corrected chi connectivity index (χ4v) is 1.91. The minimum absolute atomic E-state index is 0.160. The predicted molar refractivity (Wildman–Crippen MR) is 76.4 cm³/mol. The van der Waals surface area contributed by atoms with Crippen LogP contribution >= 0.6 is 11.6 Å². The highest BCUT2D eigenvalue weighted by Gasteiger charge is 2.10. The van der Waals surface area contributed by atoms with Crippen molar-refractivity contribution in [3.63, 3.8) is 0 Å². The maximum atomic E-state index is 12.1. The van der Waals surface area contributed by atoms with E-state index in [-0.39, 0.29) is 5.91 Å². The number of aromatic nitrogens is 1. The second-order valence-electron chi connectivity index (χ2n) is 3.95. The molecule has 1 heterocycles. The van der Waals surface area contributed by atoms with Gasteiger partial charge in [0.05, 0.1) is 17.4 Å². The summed E-state index contributed by atoms with van der Waals surface area (Å²) in [5.74, 6) is -0.160. The van der Waals surface area contributed by atoms with Crippen LogP contribution in [0.4, 0.5) is 5.69 Å². The van der Waals surface area contributed by atoms with Crippen LogP contribution in [-0.4, -0.2) is 17.9 Å². The molecule has 0 saturated carbocycles. The molecule has 0 fully saturated rings. The van der Waals surface area contributed by atoms with Gasteiger partial charge in [-0.25, -0.2) is 0 Å². The average Bonchev–Trinajstić information content (AvgIpc) is 2.46. The monoisotopic (exact) mass is 275 g/mol. The van der Waals surface area contributed by atoms with Gasteiger partial charge in [-0.3, -0.25) is 9.78 Å². The van der Waals surface area contributed by atoms with E-state index in [0.717, 1.165) is 5.56 Å². The molecule has 0 saturated heterocycles. The van der Waals surface area contributed by atoms with Gasteiger partial charge >= 0.3 is 0 Å². The molecule has 0 unspecified atom stereocenters. The first-order valence-corrected chi connectivity index (χ1v) is 6.23. The van der Waals surface area contributed by atoms with Gasteiger partial charge in [-0.1, -0.05) is 29.8 Å². The molecule has 0 aliphatic carbocycles. The molecule has 0 aliphatic heterocycles. The molecule has 98 valence electrons. The van der Waals surface area contributed by atoms with Gasteiger partial charge in [0.2, 0.25) is 0 Å². The molecule has 0 spiro atoms. The Morgan fingerprint density at radius 1 is 1.32 bits per heavy atom. The molecule has 19 heavy (non-hydrogen) atoms. The number of carbonyl (C=O) groups excluding carboxylic acids is 1. The van der Waals surface area contributed by atoms with Gasteiger partial charge in [0.15, 0.2) is 0 Å². The lowest BCUT2D eigenvalue weighted by Crippen LogP contribution is -2.23. The van der Waals surface area contributed by atoms with Crippen molar-refractivity contribution >= 4 is 23.2 Å². The van der Waals surface area contributed by atoms with Crippen molar-refractivity contribution < 1.29 is 4.79 Å². The van der Waals surface area contributed by atoms with Gasteiger partial charge in [-0.15, -0.1) is 0 Å². The number of nitrogens with one attached hydrogen (secondary N) is 2. The van der Waals surface area contributed by atoms with Crippen molar-refractivity contribution in [2.24, 2.45) is 0 Å². The molecule has 5 heteroatoms. The highest BCUT2D eigenvalue weighted by molar-refractivity contribution is 6.31. The zero-order chi connectivity index (χ0) is 13.7. The standard InChI is InChI=1S/C14H14ClN3O/c1-16-13-9-17-7-6-11(13)14(19)18-8-10-4-2-3-5-12(10)15/h2-7,9,16H,8H2,1H3,(H,18,19). The first-order valence-electron chi connectivity index (χ1n) is 5.85. The quantitative estimate of drug-likeness (QED) is 0.902. The Morgan fingerprint density at radius 3 is 2.84 bits per heavy atom. The van der Waals surface area contributed by atoms with Gasteiger partial charge in [-0.2, -0.15) is 0 Å². The number of hydrogen-bond donors (Lipinski definition) is 2. The number of halogens is 1. The molecule has 1 amide bonds. The molecule has 2 N–H and O–H groups in total. The maximum absolute atomic E-state index is 12.1. The third-order valence-electron chi connectivity index (χ3n) is 2.73. The molecule has 2 rings (SSSR count). The van der Waals surface area contributed by atoms with Crippen LogP contribution in [0.1, 0.15) is 15.9 Å². The third-order valence-corrected chi connectivity index (χ3v) is 3.10. The van der Waals surface area contributed by atoms with Gasteiger partial charge in [0, 0.05) is 24.8 Å². The van der Waals surface area contributed by atoms with E-state index >= 15 is 0 Å². The Morgan fingerprint density at radius 2 is 2.11 bits per heavy atom. The highest BCUT2D eigenvalue weighted by Crippen LogP contribution is 2.16. The number of rotatable bonds is 4. The van der Waals surface area contributed by atoms with Crippen LogP contribution in [0.5, 0.6) is 0 Å². The van der Waals surface area contributed by atoms with Crippen LogP contribution in [0.25, 0.3) is 0 Å². The number of nitrogens with zero attached hydrogens (tertiary/aromatic N) is 1. The normalized spacial score (nSPS) is 10.0. The van der Waals surface area contributed by atoms with Crippen molar-refractivity contribution in [3.05, 3.63) is 58.9 Å². The van der Waals surface area contributed by atoms with Crippen molar-refractivity contribution in [1.82, 2.24) is 10.3 Å². The summed E-state index contributed by atoms with van der Waals surface area (Å²) in [6.45, 7) is 0.393. The van der Waals surface area contributed by atoms with E-state index in [4.69, 9.17) is 11.6 Å². The number of pyridine rings is 1. The van der Waals surface area contributed by atoms with Crippen LogP contribution in [0.2, 0.25) is 5.02 Å². The summed E-state index contributed by atoms with van der Waals surface area (Å²) in [5, 5.41) is 6.42. The average molecular weight is 276 g/mol. The SMILES string of the molecule is CNc1cnccc1C(=O)NCc1ccccc1Cl. The molecule has 1 aromatic carbocycles. The number of amides is 1. The minimum Gasteiger partial charge on any atom is -0.386 e. The summed E-state index contributed by atoms with van der Waals surface area (Å²) in [6, 6.07) is 9.10. The Kier molecular flexibility index (Phi) is 4.36. The van der Waals surface area contributed by atoms with Crippen LogP contribution in [-0.2, 0) is 6.54 Å². The smallest absolute Gasteiger partial charge is 0.253 e. The molecular formula is C14H14ClN3O. The Hall–Kier alpha value is -2.07. The highest BCUT2D eigenvalue weighted by atomic mass is 35.5. The molecule has 0 aliphatic rings. The fourth-order valence-electron chi connectivity index (χ4n) is 1.70. The molecule has 1 aromatic heterocycles. The summed E-state index contributed by atoms with van der Waals surface area (Å²) >= 11 is 6.04. The van der Waals surface area contributed by atoms with Crippen LogP contribution < -0.4 is 10.6 Å². The Labute approximate surface area is 116 Å². The summed E-state index contributed by atoms with van der Waals surface area (Å²) < 4.78 is 0. The van der Waals surface area contributed by atoms with Gasteiger partial charge in [0.25, 0.3) is 5.91 Å². The maximum Gasteiger partial charge on any atom is 0.253 e. The largest absolute Gasteiger partial charge is 0.386 e. The van der Waals surface area contributed by atoms with E-state index in [2.05, 4.69) is 15.6 Å². The predicted octanol–water partition coefficient (Wildman–Crippen LogP) is 2.71. The third kappa shape index (κ3) is 3.23. The van der Waals surface area contributed by atoms with E-state index in [9.17, 15) is 4.79 Å². The molecule has 0 bridgehead atoms. The van der Waals surface area contributed by atoms with Gasteiger partial charge in [0.1, 0.15) is 0 Å². The Bertz CT molecular complexity index is 586. The molecule has 4 nitrogen and oxygen atoms in total. The number of anilines is 1. The van der Waals surface area contributed by atoms with Crippen molar-refractivity contribution in [2.45, 2.75) is 6.54 Å². The van der Waals surface area contributed by atoms with E-state index in [1.807, 2.05) is 18.2 Å². The van der Waals surface area contributed by atoms with Crippen LogP contribution in [0, 0.1) is 0 Å². The van der Waals surface area contributed by atoms with Crippen molar-refractivity contribution in [1.29, 1.82) is 0 Å². The Balaban J connectivity index is 2.08. The fraction of sp³-hybridized carbons (Fsp3) is 0.143. The summed E-state index contributed by atoms with van der Waals surface area (Å²) in [6.07, 6.45) is 3.20. The lowest BCUT2D eigenvalue weighted by atomic mass is 10.2. The lowest BCUT2D eigenvalue weighted by molar-refractivity contribution is 0.0951. The minimum atomic E-state index is -0.160. The first-order chi connectivity index (χ1) is 9.22. The van der Waals surface area contributed by atoms with E-state index < -0.39 is 0 Å². The van der Waals surface area contributed by atoms with E-state index in [1.54, 1.807) is 31.6 Å². The number of hydrogen-bond acceptors (Lipinski definition) is 3. The summed E-state index contributed by atoms with van der Waals surface area (Å²) in [7, 11) is 1.75. The van der Waals surface area contributed by atoms with Crippen LogP contribution in [0.3, 0.4) is 0 Å². The molecule has 2 aromatic rings. The summed E-state index contributed by atoms with van der Waals surface area (Å²) in [4.78, 5) is 16.1. The van der Waals surface area contributed by atoms with Gasteiger partial charge in [-0.05, 0) is 17.7 Å². The van der Waals surface area contributed by atoms with E-state index in [1.165, 1.54) is 0 Å². The number of benzene rings is 1. The molecule has 0 atom stereocenters. The zero-order valence-electron chi connectivity index (χ0n) is 10.5. The van der Waals surface area contributed by atoms with Gasteiger partial charge < -0.3 is 10.6 Å². The topological polar surface area (TPSA) is 54.0 Å². The first kappa shape index (κ1) is 13.4. The second-order valence-corrected chi connectivity index (χ2v) is 4.35. The zero-order valence-corrected chi connectivity index (χ0v) is 11.2. The van der Waals surface area contributed by atoms with E-state index in [0.29, 0.717) is 22.8 Å². The summed E-state index contributed by atoms with van der Waals surface area (Å²) in [5.41, 5.74) is 2.14. The van der Waals surface area contributed by atoms with Crippen molar-refractivity contribution in [2.75, 3.05) is 12.4 Å². The van der Waals surface area contributed by atoms with Crippen molar-refractivity contribution in [3.8, 4) is 0 Å². The lowest BCUT2D eigenvalue weighted by Gasteiger charge is -2.10. The number of carbonyl (C=O) groups is 1. The molecule has 0 radical (unpaired) electrons. The second kappa shape index (κ2) is 6.20.